The molecule has 3 heteroatoms. The topological polar surface area (TPSA) is 38.9 Å². The van der Waals surface area contributed by atoms with Crippen LogP contribution in [0.15, 0.2) is 42.7 Å². The Morgan fingerprint density at radius 3 is 2.60 bits per heavy atom. The minimum Gasteiger partial charge on any atom is -0.397 e. The van der Waals surface area contributed by atoms with E-state index in [2.05, 4.69) is 4.98 Å². The molecule has 2 N–H and O–H groups in total. The van der Waals surface area contributed by atoms with Crippen molar-refractivity contribution in [2.75, 3.05) is 5.73 Å². The minimum absolute atomic E-state index is 0.613. The predicted molar refractivity (Wildman–Crippen MR) is 62.9 cm³/mol. The van der Waals surface area contributed by atoms with E-state index in [1.54, 1.807) is 18.5 Å². The number of hydrogen-bond acceptors (Lipinski definition) is 2. The maximum absolute atomic E-state index is 5.94. The molecular formula is C12H11ClN2. The number of aromatic nitrogens is 1. The lowest BCUT2D eigenvalue weighted by Gasteiger charge is -2.06. The zero-order valence-electron chi connectivity index (χ0n) is 8.15. The Hall–Kier alpha value is -1.54. The number of benzene rings is 1. The van der Waals surface area contributed by atoms with Crippen molar-refractivity contribution in [3.05, 3.63) is 58.9 Å². The van der Waals surface area contributed by atoms with Crippen molar-refractivity contribution in [2.45, 2.75) is 6.42 Å². The maximum Gasteiger partial charge on any atom is 0.0638 e. The molecule has 1 aromatic heterocycles. The van der Waals surface area contributed by atoms with E-state index < -0.39 is 0 Å². The number of nitrogen functional groups attached to an aromatic ring is 1. The normalized spacial score (nSPS) is 10.2. The highest BCUT2D eigenvalue weighted by atomic mass is 35.5. The van der Waals surface area contributed by atoms with Gasteiger partial charge in [-0.1, -0.05) is 23.7 Å². The zero-order valence-corrected chi connectivity index (χ0v) is 8.91. The van der Waals surface area contributed by atoms with Crippen molar-refractivity contribution in [3.8, 4) is 0 Å². The Morgan fingerprint density at radius 1 is 1.13 bits per heavy atom. The van der Waals surface area contributed by atoms with Crippen molar-refractivity contribution in [1.82, 2.24) is 4.98 Å². The molecule has 0 saturated carbocycles. The van der Waals surface area contributed by atoms with E-state index in [4.69, 9.17) is 17.3 Å². The lowest BCUT2D eigenvalue weighted by atomic mass is 10.0. The van der Waals surface area contributed by atoms with Crippen molar-refractivity contribution >= 4 is 17.3 Å². The highest BCUT2D eigenvalue weighted by molar-refractivity contribution is 6.33. The summed E-state index contributed by atoms with van der Waals surface area (Å²) in [6, 6.07) is 9.64. The molecule has 2 aromatic rings. The highest BCUT2D eigenvalue weighted by Crippen LogP contribution is 2.24. The van der Waals surface area contributed by atoms with Crippen LogP contribution >= 0.6 is 11.6 Å². The van der Waals surface area contributed by atoms with Crippen LogP contribution in [-0.2, 0) is 6.42 Å². The Kier molecular flexibility index (Phi) is 2.88. The number of para-hydroxylation sites is 1. The van der Waals surface area contributed by atoms with Gasteiger partial charge in [0.2, 0.25) is 0 Å². The number of halogens is 1. The van der Waals surface area contributed by atoms with Crippen molar-refractivity contribution in [2.24, 2.45) is 0 Å². The molecule has 0 aliphatic heterocycles. The van der Waals surface area contributed by atoms with Crippen LogP contribution in [0.4, 0.5) is 5.69 Å². The van der Waals surface area contributed by atoms with Gasteiger partial charge < -0.3 is 5.73 Å². The van der Waals surface area contributed by atoms with E-state index in [1.165, 1.54) is 5.56 Å². The fraction of sp³-hybridized carbons (Fsp3) is 0.0833. The Labute approximate surface area is 93.7 Å². The molecule has 0 amide bonds. The molecule has 0 fully saturated rings. The number of nitrogens with zero attached hydrogens (tertiary/aromatic N) is 1. The van der Waals surface area contributed by atoms with Gasteiger partial charge in [-0.3, -0.25) is 4.98 Å². The predicted octanol–water partition coefficient (Wildman–Crippen LogP) is 2.91. The summed E-state index contributed by atoms with van der Waals surface area (Å²) in [7, 11) is 0. The minimum atomic E-state index is 0.613. The average molecular weight is 219 g/mol. The highest BCUT2D eigenvalue weighted by Gasteiger charge is 2.03. The first kappa shape index (κ1) is 9.99. The number of pyridine rings is 1. The summed E-state index contributed by atoms with van der Waals surface area (Å²) >= 11 is 5.94. The third kappa shape index (κ3) is 2.28. The first-order valence-corrected chi connectivity index (χ1v) is 5.07. The van der Waals surface area contributed by atoms with Gasteiger partial charge in [-0.05, 0) is 35.7 Å². The molecule has 1 aromatic carbocycles. The van der Waals surface area contributed by atoms with E-state index in [0.717, 1.165) is 12.0 Å². The number of hydrogen-bond donors (Lipinski definition) is 1. The lowest BCUT2D eigenvalue weighted by molar-refractivity contribution is 1.17. The van der Waals surface area contributed by atoms with Gasteiger partial charge in [0.05, 0.1) is 10.7 Å². The van der Waals surface area contributed by atoms with E-state index in [9.17, 15) is 0 Å². The molecule has 1 heterocycles. The zero-order chi connectivity index (χ0) is 10.7. The smallest absolute Gasteiger partial charge is 0.0638 e. The van der Waals surface area contributed by atoms with Crippen LogP contribution in [0.2, 0.25) is 5.02 Å². The van der Waals surface area contributed by atoms with E-state index >= 15 is 0 Å². The monoisotopic (exact) mass is 218 g/mol. The average Bonchev–Trinajstić information content (AvgIpc) is 2.26. The van der Waals surface area contributed by atoms with Crippen LogP contribution in [0, 0.1) is 0 Å². The second-order valence-corrected chi connectivity index (χ2v) is 3.75. The molecule has 0 unspecified atom stereocenters. The number of nitrogens with two attached hydrogens (primary N) is 1. The maximum atomic E-state index is 5.94. The molecule has 0 saturated heterocycles. The van der Waals surface area contributed by atoms with Gasteiger partial charge in [0, 0.05) is 12.4 Å². The largest absolute Gasteiger partial charge is 0.397 e. The second kappa shape index (κ2) is 4.32. The molecule has 2 rings (SSSR count). The number of rotatable bonds is 2. The first-order valence-electron chi connectivity index (χ1n) is 4.69. The first-order chi connectivity index (χ1) is 7.27. The molecule has 15 heavy (non-hydrogen) atoms. The van der Waals surface area contributed by atoms with Gasteiger partial charge >= 0.3 is 0 Å². The van der Waals surface area contributed by atoms with Crippen LogP contribution in [0.1, 0.15) is 11.1 Å². The summed E-state index contributed by atoms with van der Waals surface area (Å²) < 4.78 is 0. The fourth-order valence-electron chi connectivity index (χ4n) is 1.46. The molecule has 76 valence electrons. The number of anilines is 1. The third-order valence-electron chi connectivity index (χ3n) is 2.29. The Bertz CT molecular complexity index is 454. The summed E-state index contributed by atoms with van der Waals surface area (Å²) in [5, 5.41) is 0.613. The van der Waals surface area contributed by atoms with Gasteiger partial charge in [0.1, 0.15) is 0 Å². The summed E-state index contributed by atoms with van der Waals surface area (Å²) in [5.41, 5.74) is 8.78. The van der Waals surface area contributed by atoms with E-state index in [1.807, 2.05) is 24.3 Å². The van der Waals surface area contributed by atoms with Crippen molar-refractivity contribution in [3.63, 3.8) is 0 Å². The third-order valence-corrected chi connectivity index (χ3v) is 2.62. The molecular weight excluding hydrogens is 208 g/mol. The summed E-state index contributed by atoms with van der Waals surface area (Å²) in [6.07, 6.45) is 4.33. The fourth-order valence-corrected chi connectivity index (χ4v) is 1.65. The van der Waals surface area contributed by atoms with Crippen molar-refractivity contribution < 1.29 is 0 Å². The quantitative estimate of drug-likeness (QED) is 0.788. The SMILES string of the molecule is Nc1c(Cl)cccc1Cc1ccncc1. The van der Waals surface area contributed by atoms with Crippen LogP contribution in [0.25, 0.3) is 0 Å². The molecule has 0 bridgehead atoms. The summed E-state index contributed by atoms with van der Waals surface area (Å²) in [5.74, 6) is 0. The van der Waals surface area contributed by atoms with Crippen molar-refractivity contribution in [1.29, 1.82) is 0 Å². The molecule has 0 aliphatic rings. The van der Waals surface area contributed by atoms with Crippen LogP contribution < -0.4 is 5.73 Å². The summed E-state index contributed by atoms with van der Waals surface area (Å²) in [4.78, 5) is 3.97. The van der Waals surface area contributed by atoms with E-state index in [0.29, 0.717) is 10.7 Å². The Balaban J connectivity index is 2.29. The lowest BCUT2D eigenvalue weighted by Crippen LogP contribution is -1.96. The van der Waals surface area contributed by atoms with Gasteiger partial charge in [-0.25, -0.2) is 0 Å². The van der Waals surface area contributed by atoms with Gasteiger partial charge in [-0.2, -0.15) is 0 Å². The molecule has 0 spiro atoms. The van der Waals surface area contributed by atoms with E-state index in [-0.39, 0.29) is 0 Å². The summed E-state index contributed by atoms with van der Waals surface area (Å²) in [6.45, 7) is 0. The Morgan fingerprint density at radius 2 is 1.87 bits per heavy atom. The standard InChI is InChI=1S/C12H11ClN2/c13-11-3-1-2-10(12(11)14)8-9-4-6-15-7-5-9/h1-7H,8,14H2. The van der Waals surface area contributed by atoms with Crippen LogP contribution in [-0.4, -0.2) is 4.98 Å². The van der Waals surface area contributed by atoms with Crippen LogP contribution in [0.5, 0.6) is 0 Å². The molecule has 0 radical (unpaired) electrons. The molecule has 2 nitrogen and oxygen atoms in total. The van der Waals surface area contributed by atoms with Crippen LogP contribution in [0.3, 0.4) is 0 Å². The van der Waals surface area contributed by atoms with Gasteiger partial charge in [-0.15, -0.1) is 0 Å². The van der Waals surface area contributed by atoms with Gasteiger partial charge in [0.15, 0.2) is 0 Å². The molecule has 0 atom stereocenters. The van der Waals surface area contributed by atoms with Gasteiger partial charge in [0.25, 0.3) is 0 Å². The molecule has 0 aliphatic carbocycles. The second-order valence-electron chi connectivity index (χ2n) is 3.34.